The number of rotatable bonds is 5. The van der Waals surface area contributed by atoms with Crippen molar-refractivity contribution < 1.29 is 24.2 Å². The Morgan fingerprint density at radius 1 is 1.24 bits per heavy atom. The predicted octanol–water partition coefficient (Wildman–Crippen LogP) is 1.54. The van der Waals surface area contributed by atoms with Gasteiger partial charge in [-0.05, 0) is 24.1 Å². The Labute approximate surface area is 123 Å². The molecule has 1 unspecified atom stereocenters. The average molecular weight is 293 g/mol. The number of carbonyl (C=O) groups excluding carboxylic acids is 1. The van der Waals surface area contributed by atoms with Crippen molar-refractivity contribution in [3.63, 3.8) is 0 Å². The molecule has 6 heteroatoms. The van der Waals surface area contributed by atoms with E-state index in [1.807, 2.05) is 13.8 Å². The van der Waals surface area contributed by atoms with Crippen LogP contribution in [0.2, 0.25) is 0 Å². The molecule has 1 aliphatic heterocycles. The molecular formula is C15H19NO5. The maximum atomic E-state index is 12.1. The van der Waals surface area contributed by atoms with Crippen LogP contribution < -0.4 is 14.8 Å². The molecule has 6 nitrogen and oxygen atoms in total. The highest BCUT2D eigenvalue weighted by Gasteiger charge is 2.22. The standard InChI is InChI=1S/C15H19NO5/c1-9(2)11(15(18)19)8-16-14(17)10-3-4-12-13(7-10)21-6-5-20-12/h3-4,7,9,11H,5-6,8H2,1-2H3,(H,16,17)(H,18,19). The molecule has 21 heavy (non-hydrogen) atoms. The van der Waals surface area contributed by atoms with E-state index >= 15 is 0 Å². The smallest absolute Gasteiger partial charge is 0.308 e. The molecule has 1 aromatic carbocycles. The van der Waals surface area contributed by atoms with Gasteiger partial charge in [0.05, 0.1) is 5.92 Å². The first-order chi connectivity index (χ1) is 9.99. The van der Waals surface area contributed by atoms with E-state index in [9.17, 15) is 9.59 Å². The topological polar surface area (TPSA) is 84.9 Å². The summed E-state index contributed by atoms with van der Waals surface area (Å²) in [6.45, 7) is 4.67. The molecular weight excluding hydrogens is 274 g/mol. The number of fused-ring (bicyclic) bond motifs is 1. The SMILES string of the molecule is CC(C)C(CNC(=O)c1ccc2c(c1)OCCO2)C(=O)O. The Bertz CT molecular complexity index is 541. The first kappa shape index (κ1) is 15.2. The third-order valence-corrected chi connectivity index (χ3v) is 3.41. The van der Waals surface area contributed by atoms with Gasteiger partial charge in [-0.3, -0.25) is 9.59 Å². The molecule has 0 aliphatic carbocycles. The molecule has 1 heterocycles. The van der Waals surface area contributed by atoms with Gasteiger partial charge in [-0.2, -0.15) is 0 Å². The summed E-state index contributed by atoms with van der Waals surface area (Å²) in [7, 11) is 0. The summed E-state index contributed by atoms with van der Waals surface area (Å²) < 4.78 is 10.8. The van der Waals surface area contributed by atoms with E-state index in [2.05, 4.69) is 5.32 Å². The van der Waals surface area contributed by atoms with Crippen LogP contribution in [0.5, 0.6) is 11.5 Å². The van der Waals surface area contributed by atoms with E-state index in [1.165, 1.54) is 0 Å². The minimum Gasteiger partial charge on any atom is -0.486 e. The molecule has 0 bridgehead atoms. The lowest BCUT2D eigenvalue weighted by Gasteiger charge is -2.19. The highest BCUT2D eigenvalue weighted by Crippen LogP contribution is 2.30. The van der Waals surface area contributed by atoms with Gasteiger partial charge >= 0.3 is 5.97 Å². The highest BCUT2D eigenvalue weighted by atomic mass is 16.6. The van der Waals surface area contributed by atoms with Crippen molar-refractivity contribution >= 4 is 11.9 Å². The van der Waals surface area contributed by atoms with Crippen molar-refractivity contribution in [2.45, 2.75) is 13.8 Å². The van der Waals surface area contributed by atoms with Gasteiger partial charge in [-0.25, -0.2) is 0 Å². The number of carboxylic acids is 1. The van der Waals surface area contributed by atoms with Crippen molar-refractivity contribution in [2.75, 3.05) is 19.8 Å². The minimum absolute atomic E-state index is 0.0527. The Hall–Kier alpha value is -2.24. The summed E-state index contributed by atoms with van der Waals surface area (Å²) in [5.41, 5.74) is 0.423. The Balaban J connectivity index is 2.02. The fraction of sp³-hybridized carbons (Fsp3) is 0.467. The molecule has 0 saturated heterocycles. The highest BCUT2D eigenvalue weighted by molar-refractivity contribution is 5.95. The van der Waals surface area contributed by atoms with E-state index in [4.69, 9.17) is 14.6 Å². The van der Waals surface area contributed by atoms with Gasteiger partial charge in [0, 0.05) is 12.1 Å². The Kier molecular flexibility index (Phi) is 4.67. The summed E-state index contributed by atoms with van der Waals surface area (Å²) in [6, 6.07) is 4.92. The largest absolute Gasteiger partial charge is 0.486 e. The zero-order chi connectivity index (χ0) is 15.4. The van der Waals surface area contributed by atoms with Crippen molar-refractivity contribution in [3.05, 3.63) is 23.8 Å². The summed E-state index contributed by atoms with van der Waals surface area (Å²) in [5, 5.41) is 11.7. The number of carbonyl (C=O) groups is 2. The fourth-order valence-electron chi connectivity index (χ4n) is 2.10. The van der Waals surface area contributed by atoms with Crippen LogP contribution in [0.1, 0.15) is 24.2 Å². The minimum atomic E-state index is -0.910. The molecule has 114 valence electrons. The van der Waals surface area contributed by atoms with E-state index in [1.54, 1.807) is 18.2 Å². The van der Waals surface area contributed by atoms with Gasteiger partial charge in [-0.15, -0.1) is 0 Å². The lowest BCUT2D eigenvalue weighted by atomic mass is 9.96. The van der Waals surface area contributed by atoms with Crippen LogP contribution in [-0.2, 0) is 4.79 Å². The number of hydrogen-bond donors (Lipinski definition) is 2. The molecule has 2 N–H and O–H groups in total. The normalized spacial score (nSPS) is 14.6. The van der Waals surface area contributed by atoms with Gasteiger partial charge in [0.15, 0.2) is 11.5 Å². The second-order valence-corrected chi connectivity index (χ2v) is 5.26. The maximum Gasteiger partial charge on any atom is 0.308 e. The molecule has 1 aromatic rings. The van der Waals surface area contributed by atoms with Gasteiger partial charge < -0.3 is 19.9 Å². The van der Waals surface area contributed by atoms with E-state index in [0.717, 1.165) is 0 Å². The number of benzene rings is 1. The van der Waals surface area contributed by atoms with Crippen molar-refractivity contribution in [2.24, 2.45) is 11.8 Å². The van der Waals surface area contributed by atoms with Crippen LogP contribution >= 0.6 is 0 Å². The van der Waals surface area contributed by atoms with E-state index in [-0.39, 0.29) is 18.4 Å². The third-order valence-electron chi connectivity index (χ3n) is 3.41. The quantitative estimate of drug-likeness (QED) is 0.860. The predicted molar refractivity (Wildman–Crippen MR) is 75.7 cm³/mol. The lowest BCUT2D eigenvalue weighted by Crippen LogP contribution is -2.35. The molecule has 1 atom stereocenters. The van der Waals surface area contributed by atoms with Gasteiger partial charge in [0.25, 0.3) is 5.91 Å². The number of hydrogen-bond acceptors (Lipinski definition) is 4. The number of nitrogens with one attached hydrogen (secondary N) is 1. The monoisotopic (exact) mass is 293 g/mol. The van der Waals surface area contributed by atoms with Crippen molar-refractivity contribution in [1.82, 2.24) is 5.32 Å². The van der Waals surface area contributed by atoms with Gasteiger partial charge in [0.1, 0.15) is 13.2 Å². The van der Waals surface area contributed by atoms with Crippen molar-refractivity contribution in [3.8, 4) is 11.5 Å². The maximum absolute atomic E-state index is 12.1. The third kappa shape index (κ3) is 3.65. The number of aliphatic carboxylic acids is 1. The molecule has 0 spiro atoms. The molecule has 0 saturated carbocycles. The zero-order valence-corrected chi connectivity index (χ0v) is 12.1. The summed E-state index contributed by atoms with van der Waals surface area (Å²) in [4.78, 5) is 23.2. The second kappa shape index (κ2) is 6.47. The fourth-order valence-corrected chi connectivity index (χ4v) is 2.10. The molecule has 1 aliphatic rings. The van der Waals surface area contributed by atoms with Crippen LogP contribution in [0.15, 0.2) is 18.2 Å². The summed E-state index contributed by atoms with van der Waals surface area (Å²) in [5.74, 6) is -0.739. The first-order valence-electron chi connectivity index (χ1n) is 6.89. The number of carboxylic acid groups (broad SMARTS) is 1. The van der Waals surface area contributed by atoms with Gasteiger partial charge in [-0.1, -0.05) is 13.8 Å². The van der Waals surface area contributed by atoms with Gasteiger partial charge in [0.2, 0.25) is 0 Å². The molecule has 0 fully saturated rings. The van der Waals surface area contributed by atoms with Crippen LogP contribution in [0.3, 0.4) is 0 Å². The zero-order valence-electron chi connectivity index (χ0n) is 12.1. The van der Waals surface area contributed by atoms with Crippen LogP contribution in [0.25, 0.3) is 0 Å². The molecule has 0 aromatic heterocycles. The molecule has 1 amide bonds. The number of ether oxygens (including phenoxy) is 2. The average Bonchev–Trinajstić information content (AvgIpc) is 2.46. The summed E-state index contributed by atoms with van der Waals surface area (Å²) in [6.07, 6.45) is 0. The first-order valence-corrected chi connectivity index (χ1v) is 6.89. The number of amides is 1. The molecule has 0 radical (unpaired) electrons. The van der Waals surface area contributed by atoms with E-state index in [0.29, 0.717) is 30.3 Å². The van der Waals surface area contributed by atoms with Crippen LogP contribution in [0.4, 0.5) is 0 Å². The van der Waals surface area contributed by atoms with E-state index < -0.39 is 11.9 Å². The Morgan fingerprint density at radius 3 is 2.52 bits per heavy atom. The van der Waals surface area contributed by atoms with Crippen LogP contribution in [0, 0.1) is 11.8 Å². The summed E-state index contributed by atoms with van der Waals surface area (Å²) >= 11 is 0. The lowest BCUT2D eigenvalue weighted by molar-refractivity contribution is -0.142. The van der Waals surface area contributed by atoms with Crippen LogP contribution in [-0.4, -0.2) is 36.7 Å². The second-order valence-electron chi connectivity index (χ2n) is 5.26. The molecule has 2 rings (SSSR count). The van der Waals surface area contributed by atoms with Crippen molar-refractivity contribution in [1.29, 1.82) is 0 Å². The Morgan fingerprint density at radius 2 is 1.90 bits per heavy atom.